The zero-order chi connectivity index (χ0) is 18.2. The van der Waals surface area contributed by atoms with Gasteiger partial charge in [0.2, 0.25) is 0 Å². The van der Waals surface area contributed by atoms with Gasteiger partial charge in [0.05, 0.1) is 11.1 Å². The Kier molecular flexibility index (Phi) is 4.47. The quantitative estimate of drug-likeness (QED) is 0.760. The van der Waals surface area contributed by atoms with Gasteiger partial charge in [0.1, 0.15) is 11.5 Å². The van der Waals surface area contributed by atoms with E-state index in [0.29, 0.717) is 11.0 Å². The number of sulfone groups is 1. The lowest BCUT2D eigenvalue weighted by Gasteiger charge is -2.09. The molecule has 0 unspecified atom stereocenters. The van der Waals surface area contributed by atoms with E-state index >= 15 is 0 Å². The molecule has 0 aliphatic carbocycles. The fraction of sp³-hybridized carbons (Fsp3) is 0.211. The number of nitrogens with zero attached hydrogens (tertiary/aromatic N) is 1. The Hall–Kier alpha value is -2.47. The van der Waals surface area contributed by atoms with Gasteiger partial charge < -0.3 is 4.98 Å². The minimum Gasteiger partial charge on any atom is -0.339 e. The first-order valence-electron chi connectivity index (χ1n) is 7.91. The van der Waals surface area contributed by atoms with Gasteiger partial charge in [-0.15, -0.1) is 0 Å². The molecule has 6 heteroatoms. The van der Waals surface area contributed by atoms with Crippen LogP contribution in [0.1, 0.15) is 25.1 Å². The molecule has 2 heterocycles. The van der Waals surface area contributed by atoms with Crippen molar-refractivity contribution in [3.63, 3.8) is 0 Å². The molecule has 25 heavy (non-hydrogen) atoms. The van der Waals surface area contributed by atoms with E-state index in [1.165, 1.54) is 18.5 Å². The molecule has 3 rings (SSSR count). The van der Waals surface area contributed by atoms with Crippen LogP contribution in [0.2, 0.25) is 0 Å². The summed E-state index contributed by atoms with van der Waals surface area (Å²) in [6, 6.07) is 10.0. The third-order valence-corrected chi connectivity index (χ3v) is 4.95. The third-order valence-electron chi connectivity index (χ3n) is 3.82. The number of rotatable bonds is 4. The van der Waals surface area contributed by atoms with Crippen molar-refractivity contribution in [3.8, 4) is 0 Å². The Bertz CT molecular complexity index is 1050. The Labute approximate surface area is 146 Å². The van der Waals surface area contributed by atoms with E-state index in [2.05, 4.69) is 29.9 Å². The number of pyridine rings is 1. The fourth-order valence-electron chi connectivity index (χ4n) is 2.69. The number of fused-ring (bicyclic) bond motifs is 1. The summed E-state index contributed by atoms with van der Waals surface area (Å²) in [5.74, 6) is -0.106. The van der Waals surface area contributed by atoms with Gasteiger partial charge >= 0.3 is 0 Å². The first-order chi connectivity index (χ1) is 11.7. The van der Waals surface area contributed by atoms with Crippen LogP contribution in [0, 0.1) is 11.7 Å². The standard InChI is InChI=1S/C19H19FN2O2S/c1-12(2)8-17(13-4-6-16(7-5-13)25(3,23)24)18-10-14-9-15(20)11-21-19(14)22-18/h4-12H,1-3H3,(H,21,22)/b17-8+. The summed E-state index contributed by atoms with van der Waals surface area (Å²) in [5.41, 5.74) is 3.23. The van der Waals surface area contributed by atoms with E-state index in [-0.39, 0.29) is 16.6 Å². The largest absolute Gasteiger partial charge is 0.339 e. The van der Waals surface area contributed by atoms with Gasteiger partial charge in [-0.05, 0) is 35.7 Å². The maximum absolute atomic E-state index is 13.4. The van der Waals surface area contributed by atoms with Crippen LogP contribution in [0.25, 0.3) is 16.6 Å². The highest BCUT2D eigenvalue weighted by molar-refractivity contribution is 7.90. The summed E-state index contributed by atoms with van der Waals surface area (Å²) in [7, 11) is -3.24. The molecular formula is C19H19FN2O2S. The van der Waals surface area contributed by atoms with E-state index in [1.807, 2.05) is 6.07 Å². The van der Waals surface area contributed by atoms with Crippen LogP contribution in [-0.2, 0) is 9.84 Å². The lowest BCUT2D eigenvalue weighted by Crippen LogP contribution is -1.98. The van der Waals surface area contributed by atoms with Crippen LogP contribution in [0.3, 0.4) is 0 Å². The summed E-state index contributed by atoms with van der Waals surface area (Å²) in [6.07, 6.45) is 4.44. The fourth-order valence-corrected chi connectivity index (χ4v) is 3.32. The Morgan fingerprint density at radius 1 is 1.20 bits per heavy atom. The van der Waals surface area contributed by atoms with E-state index in [9.17, 15) is 12.8 Å². The van der Waals surface area contributed by atoms with Crippen LogP contribution in [0.4, 0.5) is 4.39 Å². The molecule has 0 aliphatic rings. The number of aromatic amines is 1. The van der Waals surface area contributed by atoms with Crippen molar-refractivity contribution in [2.75, 3.05) is 6.26 Å². The number of hydrogen-bond acceptors (Lipinski definition) is 3. The third kappa shape index (κ3) is 3.79. The van der Waals surface area contributed by atoms with Gasteiger partial charge in [0.25, 0.3) is 0 Å². The van der Waals surface area contributed by atoms with Crippen molar-refractivity contribution < 1.29 is 12.8 Å². The zero-order valence-electron chi connectivity index (χ0n) is 14.2. The lowest BCUT2D eigenvalue weighted by atomic mass is 9.99. The van der Waals surface area contributed by atoms with Crippen LogP contribution in [0.15, 0.2) is 53.6 Å². The highest BCUT2D eigenvalue weighted by Crippen LogP contribution is 2.28. The van der Waals surface area contributed by atoms with E-state index in [4.69, 9.17) is 0 Å². The normalized spacial score (nSPS) is 12.9. The zero-order valence-corrected chi connectivity index (χ0v) is 15.1. The van der Waals surface area contributed by atoms with Crippen molar-refractivity contribution in [1.29, 1.82) is 0 Å². The van der Waals surface area contributed by atoms with E-state index in [1.54, 1.807) is 24.3 Å². The Morgan fingerprint density at radius 3 is 2.48 bits per heavy atom. The average molecular weight is 358 g/mol. The van der Waals surface area contributed by atoms with Crippen molar-refractivity contribution >= 4 is 26.4 Å². The number of benzene rings is 1. The second-order valence-corrected chi connectivity index (χ2v) is 8.41. The summed E-state index contributed by atoms with van der Waals surface area (Å²) >= 11 is 0. The molecule has 0 aliphatic heterocycles. The van der Waals surface area contributed by atoms with Crippen molar-refractivity contribution in [2.45, 2.75) is 18.7 Å². The van der Waals surface area contributed by atoms with Crippen molar-refractivity contribution in [3.05, 3.63) is 65.7 Å². The molecule has 0 bridgehead atoms. The molecule has 4 nitrogen and oxygen atoms in total. The molecule has 0 saturated heterocycles. The molecule has 1 aromatic carbocycles. The van der Waals surface area contributed by atoms with Crippen LogP contribution < -0.4 is 0 Å². The first kappa shape index (κ1) is 17.4. The van der Waals surface area contributed by atoms with Gasteiger partial charge in [-0.2, -0.15) is 0 Å². The minimum atomic E-state index is -3.24. The number of aromatic nitrogens is 2. The van der Waals surface area contributed by atoms with Crippen molar-refractivity contribution in [1.82, 2.24) is 9.97 Å². The van der Waals surface area contributed by atoms with Gasteiger partial charge in [-0.1, -0.05) is 32.1 Å². The molecule has 0 radical (unpaired) electrons. The predicted molar refractivity (Wildman–Crippen MR) is 97.5 cm³/mol. The van der Waals surface area contributed by atoms with Gasteiger partial charge in [-0.3, -0.25) is 0 Å². The van der Waals surface area contributed by atoms with Gasteiger partial charge in [0, 0.05) is 22.9 Å². The molecule has 2 aromatic heterocycles. The molecular weight excluding hydrogens is 339 g/mol. The SMILES string of the molecule is CC(C)/C=C(\c1ccc(S(C)(=O)=O)cc1)c1cc2cc(F)cnc2[nH]1. The summed E-state index contributed by atoms with van der Waals surface area (Å²) in [5, 5.41) is 0.692. The summed E-state index contributed by atoms with van der Waals surface area (Å²) < 4.78 is 36.7. The topological polar surface area (TPSA) is 62.8 Å². The molecule has 0 amide bonds. The molecule has 3 aromatic rings. The average Bonchev–Trinajstić information content (AvgIpc) is 2.94. The van der Waals surface area contributed by atoms with Crippen molar-refractivity contribution in [2.24, 2.45) is 5.92 Å². The number of hydrogen-bond donors (Lipinski definition) is 1. The second-order valence-electron chi connectivity index (χ2n) is 6.40. The highest BCUT2D eigenvalue weighted by atomic mass is 32.2. The Balaban J connectivity index is 2.11. The number of nitrogens with one attached hydrogen (secondary N) is 1. The smallest absolute Gasteiger partial charge is 0.175 e. The number of allylic oxidation sites excluding steroid dienone is 1. The first-order valence-corrected chi connectivity index (χ1v) is 9.80. The summed E-state index contributed by atoms with van der Waals surface area (Å²) in [6.45, 7) is 4.12. The molecule has 130 valence electrons. The number of halogens is 1. The van der Waals surface area contributed by atoms with Gasteiger partial charge in [0.15, 0.2) is 9.84 Å². The van der Waals surface area contributed by atoms with E-state index < -0.39 is 9.84 Å². The molecule has 0 spiro atoms. The van der Waals surface area contributed by atoms with Crippen LogP contribution in [-0.4, -0.2) is 24.6 Å². The molecule has 1 N–H and O–H groups in total. The van der Waals surface area contributed by atoms with Crippen LogP contribution in [0.5, 0.6) is 0 Å². The van der Waals surface area contributed by atoms with Crippen LogP contribution >= 0.6 is 0 Å². The van der Waals surface area contributed by atoms with Gasteiger partial charge in [-0.25, -0.2) is 17.8 Å². The van der Waals surface area contributed by atoms with E-state index in [0.717, 1.165) is 16.8 Å². The predicted octanol–water partition coefficient (Wildman–Crippen LogP) is 4.19. The number of H-pyrrole nitrogens is 1. The minimum absolute atomic E-state index is 0.278. The maximum Gasteiger partial charge on any atom is 0.175 e. The monoisotopic (exact) mass is 358 g/mol. The molecule has 0 atom stereocenters. The summed E-state index contributed by atoms with van der Waals surface area (Å²) in [4.78, 5) is 7.55. The molecule has 0 saturated carbocycles. The molecule has 0 fully saturated rings. The Morgan fingerprint density at radius 2 is 1.88 bits per heavy atom. The maximum atomic E-state index is 13.4. The lowest BCUT2D eigenvalue weighted by molar-refractivity contribution is 0.602. The highest BCUT2D eigenvalue weighted by Gasteiger charge is 2.13. The second kappa shape index (κ2) is 6.44.